The van der Waals surface area contributed by atoms with Crippen molar-refractivity contribution in [1.29, 1.82) is 0 Å². The van der Waals surface area contributed by atoms with Crippen molar-refractivity contribution in [3.8, 4) is 0 Å². The van der Waals surface area contributed by atoms with Crippen LogP contribution in [0.2, 0.25) is 0 Å². The molecule has 0 atom stereocenters. The van der Waals surface area contributed by atoms with E-state index >= 15 is 0 Å². The highest BCUT2D eigenvalue weighted by Gasteiger charge is 2.39. The van der Waals surface area contributed by atoms with Gasteiger partial charge >= 0.3 is 5.97 Å². The Kier molecular flexibility index (Phi) is 2.70. The Labute approximate surface area is 88.3 Å². The van der Waals surface area contributed by atoms with Crippen molar-refractivity contribution >= 4 is 16.0 Å². The molecule has 1 saturated carbocycles. The van der Waals surface area contributed by atoms with Crippen LogP contribution in [-0.2, 0) is 14.8 Å². The quantitative estimate of drug-likeness (QED) is 0.626. The fraction of sp³-hybridized carbons (Fsp3) is 0.875. The fourth-order valence-electron chi connectivity index (χ4n) is 1.67. The highest BCUT2D eigenvalue weighted by Crippen LogP contribution is 2.28. The summed E-state index contributed by atoms with van der Waals surface area (Å²) in [5.41, 5.74) is 0. The molecule has 0 unspecified atom stereocenters. The number of carboxylic acids is 1. The van der Waals surface area contributed by atoms with Crippen LogP contribution in [0.15, 0.2) is 0 Å². The van der Waals surface area contributed by atoms with Crippen LogP contribution in [0.25, 0.3) is 0 Å². The lowest BCUT2D eigenvalue weighted by Gasteiger charge is -2.38. The molecule has 0 radical (unpaired) electrons. The predicted molar refractivity (Wildman–Crippen MR) is 52.9 cm³/mol. The van der Waals surface area contributed by atoms with Gasteiger partial charge in [-0.2, -0.15) is 0 Å². The van der Waals surface area contributed by atoms with E-state index in [2.05, 4.69) is 4.72 Å². The van der Waals surface area contributed by atoms with Gasteiger partial charge in [0.1, 0.15) is 0 Å². The molecule has 1 aliphatic heterocycles. The molecular formula is C8H14N2O4S. The summed E-state index contributed by atoms with van der Waals surface area (Å²) in [7, 11) is -3.12. The summed E-state index contributed by atoms with van der Waals surface area (Å²) in [6.07, 6.45) is 1.50. The zero-order chi connectivity index (χ0) is 11.1. The van der Waals surface area contributed by atoms with Crippen molar-refractivity contribution < 1.29 is 18.3 Å². The summed E-state index contributed by atoms with van der Waals surface area (Å²) in [6.45, 7) is 0.984. The van der Waals surface area contributed by atoms with E-state index in [4.69, 9.17) is 5.11 Å². The Morgan fingerprint density at radius 1 is 1.40 bits per heavy atom. The number of carbonyl (C=O) groups is 1. The lowest BCUT2D eigenvalue weighted by atomic mass is 10.1. The molecule has 0 aromatic heterocycles. The van der Waals surface area contributed by atoms with E-state index in [0.717, 1.165) is 12.8 Å². The second-order valence-electron chi connectivity index (χ2n) is 4.15. The second-order valence-corrected chi connectivity index (χ2v) is 6.14. The number of hydrogen-bond donors (Lipinski definition) is 2. The van der Waals surface area contributed by atoms with E-state index in [1.54, 1.807) is 4.90 Å². The molecule has 7 heteroatoms. The van der Waals surface area contributed by atoms with Gasteiger partial charge < -0.3 is 5.11 Å². The minimum atomic E-state index is -3.12. The van der Waals surface area contributed by atoms with Gasteiger partial charge in [-0.15, -0.1) is 0 Å². The molecule has 2 N–H and O–H groups in total. The fourth-order valence-corrected chi connectivity index (χ4v) is 3.23. The van der Waals surface area contributed by atoms with E-state index in [1.807, 2.05) is 0 Å². The molecule has 2 rings (SSSR count). The highest BCUT2D eigenvalue weighted by molar-refractivity contribution is 7.90. The molecule has 86 valence electrons. The van der Waals surface area contributed by atoms with E-state index in [1.165, 1.54) is 0 Å². The minimum absolute atomic E-state index is 0.0122. The number of carboxylic acid groups (broad SMARTS) is 1. The van der Waals surface area contributed by atoms with Crippen molar-refractivity contribution in [3.05, 3.63) is 0 Å². The maximum absolute atomic E-state index is 11.5. The van der Waals surface area contributed by atoms with Crippen LogP contribution < -0.4 is 4.72 Å². The standard InChI is InChI=1S/C8H14N2O4S/c11-8(12)5-10-3-6(4-10)9-15(13,14)7-1-2-7/h6-7,9H,1-5H2,(H,11,12). The third kappa shape index (κ3) is 2.67. The summed E-state index contributed by atoms with van der Waals surface area (Å²) < 4.78 is 25.6. The van der Waals surface area contributed by atoms with Gasteiger partial charge in [-0.05, 0) is 12.8 Å². The van der Waals surface area contributed by atoms with Crippen LogP contribution in [0.1, 0.15) is 12.8 Å². The van der Waals surface area contributed by atoms with Gasteiger partial charge in [-0.3, -0.25) is 9.69 Å². The molecule has 0 amide bonds. The maximum Gasteiger partial charge on any atom is 0.317 e. The first kappa shape index (κ1) is 10.8. The third-order valence-electron chi connectivity index (χ3n) is 2.61. The smallest absolute Gasteiger partial charge is 0.317 e. The van der Waals surface area contributed by atoms with E-state index in [9.17, 15) is 13.2 Å². The number of nitrogens with zero attached hydrogens (tertiary/aromatic N) is 1. The molecule has 6 nitrogen and oxygen atoms in total. The Balaban J connectivity index is 1.73. The molecule has 0 aromatic carbocycles. The highest BCUT2D eigenvalue weighted by atomic mass is 32.2. The van der Waals surface area contributed by atoms with Gasteiger partial charge in [0.05, 0.1) is 11.8 Å². The summed E-state index contributed by atoms with van der Waals surface area (Å²) in [5, 5.41) is 8.28. The number of nitrogens with one attached hydrogen (secondary N) is 1. The molecule has 0 bridgehead atoms. The summed E-state index contributed by atoms with van der Waals surface area (Å²) in [5.74, 6) is -0.876. The van der Waals surface area contributed by atoms with E-state index in [0.29, 0.717) is 13.1 Å². The van der Waals surface area contributed by atoms with Crippen LogP contribution in [0.4, 0.5) is 0 Å². The van der Waals surface area contributed by atoms with Crippen molar-refractivity contribution in [3.63, 3.8) is 0 Å². The first-order valence-electron chi connectivity index (χ1n) is 4.92. The number of aliphatic carboxylic acids is 1. The zero-order valence-corrected chi connectivity index (χ0v) is 9.03. The number of sulfonamides is 1. The monoisotopic (exact) mass is 234 g/mol. The van der Waals surface area contributed by atoms with E-state index < -0.39 is 16.0 Å². The lowest BCUT2D eigenvalue weighted by molar-refractivity contribution is -0.139. The first-order valence-corrected chi connectivity index (χ1v) is 6.47. The van der Waals surface area contributed by atoms with Crippen molar-refractivity contribution in [1.82, 2.24) is 9.62 Å². The van der Waals surface area contributed by atoms with Crippen molar-refractivity contribution in [2.24, 2.45) is 0 Å². The van der Waals surface area contributed by atoms with Crippen LogP contribution in [-0.4, -0.2) is 55.3 Å². The predicted octanol–water partition coefficient (Wildman–Crippen LogP) is -1.16. The molecule has 1 aliphatic carbocycles. The second kappa shape index (κ2) is 3.73. The largest absolute Gasteiger partial charge is 0.480 e. The SMILES string of the molecule is O=C(O)CN1CC(NS(=O)(=O)C2CC2)C1. The molecule has 15 heavy (non-hydrogen) atoms. The topological polar surface area (TPSA) is 86.7 Å². The first-order chi connectivity index (χ1) is 6.97. The molecule has 1 saturated heterocycles. The lowest BCUT2D eigenvalue weighted by Crippen LogP contribution is -2.60. The molecule has 0 spiro atoms. The van der Waals surface area contributed by atoms with Crippen molar-refractivity contribution in [2.75, 3.05) is 19.6 Å². The summed E-state index contributed by atoms with van der Waals surface area (Å²) >= 11 is 0. The molecule has 2 aliphatic rings. The van der Waals surface area contributed by atoms with Gasteiger partial charge in [0.15, 0.2) is 0 Å². The van der Waals surface area contributed by atoms with Crippen LogP contribution in [0.3, 0.4) is 0 Å². The molecule has 2 fully saturated rings. The summed E-state index contributed by atoms with van der Waals surface area (Å²) in [6, 6.07) is -0.102. The van der Waals surface area contributed by atoms with Crippen LogP contribution in [0.5, 0.6) is 0 Å². The van der Waals surface area contributed by atoms with Gasteiger partial charge in [0.2, 0.25) is 10.0 Å². The van der Waals surface area contributed by atoms with Gasteiger partial charge in [-0.1, -0.05) is 0 Å². The molecule has 0 aromatic rings. The van der Waals surface area contributed by atoms with Crippen LogP contribution in [0, 0.1) is 0 Å². The number of rotatable bonds is 5. The maximum atomic E-state index is 11.5. The van der Waals surface area contributed by atoms with Gasteiger partial charge in [0.25, 0.3) is 0 Å². The average molecular weight is 234 g/mol. The van der Waals surface area contributed by atoms with Crippen LogP contribution >= 0.6 is 0 Å². The normalized spacial score (nSPS) is 23.7. The van der Waals surface area contributed by atoms with Crippen molar-refractivity contribution in [2.45, 2.75) is 24.1 Å². The Bertz CT molecular complexity index is 357. The van der Waals surface area contributed by atoms with E-state index in [-0.39, 0.29) is 17.8 Å². The van der Waals surface area contributed by atoms with Gasteiger partial charge in [0, 0.05) is 19.1 Å². The Morgan fingerprint density at radius 3 is 2.47 bits per heavy atom. The average Bonchev–Trinajstić information content (AvgIpc) is 2.80. The Morgan fingerprint density at radius 2 is 2.00 bits per heavy atom. The Hall–Kier alpha value is -0.660. The molecular weight excluding hydrogens is 220 g/mol. The summed E-state index contributed by atoms with van der Waals surface area (Å²) in [4.78, 5) is 12.0. The zero-order valence-electron chi connectivity index (χ0n) is 8.22. The minimum Gasteiger partial charge on any atom is -0.480 e. The number of hydrogen-bond acceptors (Lipinski definition) is 4. The number of likely N-dealkylation sites (tertiary alicyclic amines) is 1. The molecule has 1 heterocycles. The third-order valence-corrected chi connectivity index (χ3v) is 4.62. The van der Waals surface area contributed by atoms with Gasteiger partial charge in [-0.25, -0.2) is 13.1 Å².